The Morgan fingerprint density at radius 2 is 1.94 bits per heavy atom. The van der Waals surface area contributed by atoms with Crippen molar-refractivity contribution in [3.63, 3.8) is 0 Å². The van der Waals surface area contributed by atoms with E-state index >= 15 is 0 Å². The summed E-state index contributed by atoms with van der Waals surface area (Å²) in [7, 11) is 2.96. The maximum Gasteiger partial charge on any atom is 0.339 e. The van der Waals surface area contributed by atoms with Gasteiger partial charge in [-0.3, -0.25) is 0 Å². The smallest absolute Gasteiger partial charge is 0.339 e. The van der Waals surface area contributed by atoms with E-state index in [9.17, 15) is 9.90 Å². The molecule has 5 nitrogen and oxygen atoms in total. The minimum absolute atomic E-state index is 0.350. The molecule has 0 aliphatic heterocycles. The van der Waals surface area contributed by atoms with E-state index in [2.05, 4.69) is 4.42 Å². The fraction of sp³-hybridized carbons (Fsp3) is 0.182. The van der Waals surface area contributed by atoms with Gasteiger partial charge in [-0.2, -0.15) is 0 Å². The van der Waals surface area contributed by atoms with Gasteiger partial charge >= 0.3 is 5.63 Å². The third-order valence-corrected chi connectivity index (χ3v) is 2.25. The van der Waals surface area contributed by atoms with Crippen molar-refractivity contribution in [2.45, 2.75) is 0 Å². The lowest BCUT2D eigenvalue weighted by atomic mass is 10.1. The van der Waals surface area contributed by atoms with Crippen LogP contribution in [-0.2, 0) is 0 Å². The molecule has 84 valence electrons. The molecule has 1 N–H and O–H groups in total. The molecule has 2 aromatic rings. The van der Waals surface area contributed by atoms with Crippen LogP contribution in [0.5, 0.6) is 17.4 Å². The first-order valence-corrected chi connectivity index (χ1v) is 4.54. The molecular formula is C11H10O5. The zero-order valence-corrected chi connectivity index (χ0v) is 8.81. The molecule has 0 fully saturated rings. The summed E-state index contributed by atoms with van der Waals surface area (Å²) in [6.07, 6.45) is 0. The second-order valence-corrected chi connectivity index (χ2v) is 3.16. The molecule has 0 spiro atoms. The lowest BCUT2D eigenvalue weighted by Crippen LogP contribution is -1.97. The van der Waals surface area contributed by atoms with Gasteiger partial charge < -0.3 is 19.0 Å². The average Bonchev–Trinajstić information content (AvgIpc) is 2.26. The second kappa shape index (κ2) is 3.77. The van der Waals surface area contributed by atoms with Gasteiger partial charge in [0.2, 0.25) is 0 Å². The Hall–Kier alpha value is -2.17. The van der Waals surface area contributed by atoms with Crippen LogP contribution in [0.2, 0.25) is 0 Å². The Kier molecular flexibility index (Phi) is 2.44. The number of hydrogen-bond donors (Lipinski definition) is 1. The Labute approximate surface area is 90.8 Å². The van der Waals surface area contributed by atoms with Crippen LogP contribution in [0, 0.1) is 0 Å². The van der Waals surface area contributed by atoms with E-state index in [0.717, 1.165) is 0 Å². The molecule has 1 heterocycles. The monoisotopic (exact) mass is 222 g/mol. The van der Waals surface area contributed by atoms with Crippen molar-refractivity contribution in [1.82, 2.24) is 0 Å². The van der Waals surface area contributed by atoms with Crippen LogP contribution in [0.15, 0.2) is 27.4 Å². The topological polar surface area (TPSA) is 68.9 Å². The van der Waals surface area contributed by atoms with Crippen LogP contribution >= 0.6 is 0 Å². The summed E-state index contributed by atoms with van der Waals surface area (Å²) in [5, 5.41) is 10.4. The van der Waals surface area contributed by atoms with Crippen molar-refractivity contribution in [3.05, 3.63) is 28.6 Å². The van der Waals surface area contributed by atoms with E-state index in [1.807, 2.05) is 0 Å². The lowest BCUT2D eigenvalue weighted by molar-refractivity contribution is 0.314. The lowest BCUT2D eigenvalue weighted by Gasteiger charge is -2.08. The molecule has 0 aliphatic carbocycles. The molecule has 16 heavy (non-hydrogen) atoms. The standard InChI is InChI=1S/C11H10O5/c1-14-7-3-6-4-9(12)16-11(13)10(6)8(5-7)15-2/h3-5,13H,1-2H3. The van der Waals surface area contributed by atoms with E-state index in [1.165, 1.54) is 20.3 Å². The van der Waals surface area contributed by atoms with E-state index in [-0.39, 0.29) is 0 Å². The maximum atomic E-state index is 11.1. The molecule has 0 atom stereocenters. The van der Waals surface area contributed by atoms with Crippen molar-refractivity contribution in [2.24, 2.45) is 0 Å². The van der Waals surface area contributed by atoms with E-state index in [0.29, 0.717) is 22.3 Å². The van der Waals surface area contributed by atoms with Gasteiger partial charge in [0.15, 0.2) is 0 Å². The van der Waals surface area contributed by atoms with E-state index in [1.54, 1.807) is 12.1 Å². The second-order valence-electron chi connectivity index (χ2n) is 3.16. The van der Waals surface area contributed by atoms with Crippen LogP contribution in [0.1, 0.15) is 0 Å². The van der Waals surface area contributed by atoms with Crippen LogP contribution in [-0.4, -0.2) is 19.3 Å². The first-order chi connectivity index (χ1) is 7.65. The fourth-order valence-corrected chi connectivity index (χ4v) is 1.54. The molecular weight excluding hydrogens is 212 g/mol. The number of ether oxygens (including phenoxy) is 2. The first-order valence-electron chi connectivity index (χ1n) is 4.54. The molecule has 0 bridgehead atoms. The van der Waals surface area contributed by atoms with Crippen molar-refractivity contribution in [1.29, 1.82) is 0 Å². The highest BCUT2D eigenvalue weighted by molar-refractivity contribution is 5.92. The Morgan fingerprint density at radius 3 is 2.56 bits per heavy atom. The van der Waals surface area contributed by atoms with Crippen LogP contribution < -0.4 is 15.1 Å². The zero-order valence-electron chi connectivity index (χ0n) is 8.81. The normalized spacial score (nSPS) is 10.4. The first kappa shape index (κ1) is 10.4. The average molecular weight is 222 g/mol. The molecule has 0 radical (unpaired) electrons. The highest BCUT2D eigenvalue weighted by Crippen LogP contribution is 2.35. The highest BCUT2D eigenvalue weighted by atomic mass is 16.5. The van der Waals surface area contributed by atoms with Gasteiger partial charge in [0.1, 0.15) is 16.9 Å². The maximum absolute atomic E-state index is 11.1. The Bertz CT molecular complexity index is 585. The Morgan fingerprint density at radius 1 is 1.19 bits per heavy atom. The van der Waals surface area contributed by atoms with Gasteiger partial charge in [-0.25, -0.2) is 4.79 Å². The molecule has 1 aromatic heterocycles. The number of rotatable bonds is 2. The van der Waals surface area contributed by atoms with Gasteiger partial charge in [-0.05, 0) is 6.07 Å². The predicted octanol–water partition coefficient (Wildman–Crippen LogP) is 1.52. The number of hydrogen-bond acceptors (Lipinski definition) is 5. The summed E-state index contributed by atoms with van der Waals surface area (Å²) in [6, 6.07) is 4.48. The third kappa shape index (κ3) is 1.56. The summed E-state index contributed by atoms with van der Waals surface area (Å²) in [4.78, 5) is 11.1. The minimum Gasteiger partial charge on any atom is -0.497 e. The molecule has 0 amide bonds. The fourth-order valence-electron chi connectivity index (χ4n) is 1.54. The highest BCUT2D eigenvalue weighted by Gasteiger charge is 2.12. The summed E-state index contributed by atoms with van der Waals surface area (Å²) in [6.45, 7) is 0. The van der Waals surface area contributed by atoms with Gasteiger partial charge in [-0.1, -0.05) is 0 Å². The SMILES string of the molecule is COc1cc(OC)c2c(O)oc(=O)cc2c1. The predicted molar refractivity (Wildman–Crippen MR) is 57.3 cm³/mol. The molecule has 0 aliphatic rings. The van der Waals surface area contributed by atoms with Gasteiger partial charge in [0, 0.05) is 17.5 Å². The minimum atomic E-state index is -0.625. The van der Waals surface area contributed by atoms with Crippen molar-refractivity contribution in [3.8, 4) is 17.4 Å². The number of benzene rings is 1. The third-order valence-electron chi connectivity index (χ3n) is 2.25. The Balaban J connectivity index is 2.89. The van der Waals surface area contributed by atoms with Crippen LogP contribution in [0.25, 0.3) is 10.8 Å². The van der Waals surface area contributed by atoms with Crippen molar-refractivity contribution in [2.75, 3.05) is 14.2 Å². The van der Waals surface area contributed by atoms with Crippen molar-refractivity contribution >= 4 is 10.8 Å². The largest absolute Gasteiger partial charge is 0.497 e. The van der Waals surface area contributed by atoms with E-state index < -0.39 is 11.6 Å². The van der Waals surface area contributed by atoms with Gasteiger partial charge in [-0.15, -0.1) is 0 Å². The summed E-state index contributed by atoms with van der Waals surface area (Å²) in [5.74, 6) is 0.465. The van der Waals surface area contributed by atoms with Crippen LogP contribution in [0.3, 0.4) is 0 Å². The molecule has 0 unspecified atom stereocenters. The molecule has 0 saturated carbocycles. The number of aromatic hydroxyl groups is 1. The molecule has 0 saturated heterocycles. The van der Waals surface area contributed by atoms with Gasteiger partial charge in [0.25, 0.3) is 5.95 Å². The van der Waals surface area contributed by atoms with Crippen LogP contribution in [0.4, 0.5) is 0 Å². The quantitative estimate of drug-likeness (QED) is 0.834. The number of fused-ring (bicyclic) bond motifs is 1. The summed E-state index contributed by atoms with van der Waals surface area (Å²) >= 11 is 0. The molecule has 5 heteroatoms. The van der Waals surface area contributed by atoms with E-state index in [4.69, 9.17) is 9.47 Å². The molecule has 2 rings (SSSR count). The number of methoxy groups -OCH3 is 2. The summed E-state index contributed by atoms with van der Waals surface area (Å²) < 4.78 is 14.7. The zero-order chi connectivity index (χ0) is 11.7. The summed E-state index contributed by atoms with van der Waals surface area (Å²) in [5.41, 5.74) is -0.625. The van der Waals surface area contributed by atoms with Gasteiger partial charge in [0.05, 0.1) is 14.2 Å². The van der Waals surface area contributed by atoms with Crippen molar-refractivity contribution < 1.29 is 19.0 Å². The molecule has 1 aromatic carbocycles.